The van der Waals surface area contributed by atoms with Gasteiger partial charge in [0.05, 0.1) is 49.0 Å². The number of nitrogens with zero attached hydrogens (tertiary/aromatic N) is 4. The van der Waals surface area contributed by atoms with Crippen molar-refractivity contribution in [3.8, 4) is 45.8 Å². The quantitative estimate of drug-likeness (QED) is 0.0241. The number of imidazole rings is 1. The molecule has 0 unspecified atom stereocenters. The van der Waals surface area contributed by atoms with Crippen LogP contribution in [0.4, 0.5) is 27.4 Å². The first-order valence-electron chi connectivity index (χ1n) is 24.1. The number of aldehydes is 2. The molecule has 8 rings (SSSR count). The molecule has 0 spiro atoms. The standard InChI is InChI=1S/C24H23FN4O3.C10H11NO4.C9H9N.C8H8O3.C6H8N2.C2H4INO/c1-14-6-4-7-15(2)22(14)28-24-23(27-20-11-10-16(25)12-29(20)24)21-17(31-3)8-5-9-18(21)32-13-19(26)30;1-14-8-3-2-4-9(7(8)5-12)15-6-10(11)13;1-7-5-4-6-8(2)9(7)10-3;1-11-8-4-2-3-7(10)6(8)5-9;1-5-2-3-6(7)8-4-5;3-1-2(4)5/h4-12,28H,13H2,1-3H3,(H2,26,30);2-5H,6H2,1H3,(H2,11,13);4-6H,1-2H3;2-5,10H,1H3;2-4H,1H3,(H2,7,8);1H2,(H2,4,5). The van der Waals surface area contributed by atoms with Gasteiger partial charge >= 0.3 is 0 Å². The minimum absolute atomic E-state index is 0.0562. The van der Waals surface area contributed by atoms with E-state index < -0.39 is 17.6 Å². The van der Waals surface area contributed by atoms with Crippen LogP contribution in [0.2, 0.25) is 0 Å². The predicted molar refractivity (Wildman–Crippen MR) is 318 cm³/mol. The number of alkyl halides is 1. The number of para-hydroxylation sites is 2. The van der Waals surface area contributed by atoms with E-state index in [1.165, 1.54) is 39.7 Å². The number of aromatic nitrogens is 3. The number of nitrogens with two attached hydrogens (primary N) is 4. The Morgan fingerprint density at radius 1 is 0.679 bits per heavy atom. The second-order valence-corrected chi connectivity index (χ2v) is 17.6. The van der Waals surface area contributed by atoms with E-state index in [2.05, 4.69) is 20.9 Å². The maximum atomic E-state index is 14.2. The molecule has 424 valence electrons. The Balaban J connectivity index is 0.000000291. The Hall–Kier alpha value is -9.76. The number of pyridine rings is 2. The van der Waals surface area contributed by atoms with E-state index in [-0.39, 0.29) is 41.7 Å². The molecule has 0 radical (unpaired) electrons. The van der Waals surface area contributed by atoms with E-state index in [1.807, 2.05) is 99.7 Å². The number of nitrogen functional groups attached to an aromatic ring is 1. The molecule has 10 N–H and O–H groups in total. The first-order chi connectivity index (χ1) is 38.7. The van der Waals surface area contributed by atoms with Crippen LogP contribution >= 0.6 is 22.6 Å². The normalized spacial score (nSPS) is 9.74. The highest BCUT2D eigenvalue weighted by Gasteiger charge is 2.24. The van der Waals surface area contributed by atoms with E-state index in [1.54, 1.807) is 71.3 Å². The van der Waals surface area contributed by atoms with Crippen molar-refractivity contribution < 1.29 is 57.2 Å². The summed E-state index contributed by atoms with van der Waals surface area (Å²) >= 11 is 1.90. The fraction of sp³-hybridized carbons (Fsp3) is 0.186. The minimum Gasteiger partial charge on any atom is -0.507 e. The molecule has 5 aromatic carbocycles. The molecule has 8 aromatic rings. The lowest BCUT2D eigenvalue weighted by atomic mass is 10.1. The van der Waals surface area contributed by atoms with Crippen molar-refractivity contribution in [2.45, 2.75) is 34.6 Å². The van der Waals surface area contributed by atoms with Gasteiger partial charge in [-0.05, 0) is 117 Å². The van der Waals surface area contributed by atoms with Crippen molar-refractivity contribution in [3.05, 3.63) is 184 Å². The van der Waals surface area contributed by atoms with E-state index >= 15 is 0 Å². The van der Waals surface area contributed by atoms with Crippen LogP contribution in [0.1, 0.15) is 48.5 Å². The van der Waals surface area contributed by atoms with Crippen molar-refractivity contribution in [2.75, 3.05) is 50.0 Å². The SMILES string of the molecule is COc1cccc(O)c1C=O.COc1cccc(OCC(N)=O)c1-c1nc2ccc(F)cn2c1Nc1c(C)cccc1C.COc1cccc(OCC(N)=O)c1C=O.Cc1ccc(N)nc1.NC(=O)CI.[C-]#[N+]c1c(C)cccc1C. The van der Waals surface area contributed by atoms with Gasteiger partial charge in [0, 0.05) is 18.1 Å². The maximum Gasteiger partial charge on any atom is 0.255 e. The molecular weight excluding hydrogens is 1160 g/mol. The lowest BCUT2D eigenvalue weighted by Crippen LogP contribution is -2.20. The summed E-state index contributed by atoms with van der Waals surface area (Å²) in [5.41, 5.74) is 29.1. The zero-order valence-electron chi connectivity index (χ0n) is 45.8. The van der Waals surface area contributed by atoms with Gasteiger partial charge in [0.1, 0.15) is 63.3 Å². The molecule has 20 nitrogen and oxygen atoms in total. The predicted octanol–water partition coefficient (Wildman–Crippen LogP) is 9.69. The number of aryl methyl sites for hydroxylation is 5. The maximum absolute atomic E-state index is 14.2. The number of methoxy groups -OCH3 is 3. The lowest BCUT2D eigenvalue weighted by molar-refractivity contribution is -0.120. The van der Waals surface area contributed by atoms with Crippen molar-refractivity contribution in [1.82, 2.24) is 14.4 Å². The number of carbonyl (C=O) groups excluding carboxylic acids is 5. The van der Waals surface area contributed by atoms with Crippen molar-refractivity contribution >= 4 is 81.5 Å². The molecule has 0 saturated heterocycles. The Morgan fingerprint density at radius 2 is 1.16 bits per heavy atom. The van der Waals surface area contributed by atoms with Gasteiger partial charge in [-0.1, -0.05) is 83.3 Å². The monoisotopic (exact) mass is 1220 g/mol. The summed E-state index contributed by atoms with van der Waals surface area (Å²) in [5.74, 6) is 1.11. The average molecular weight is 1220 g/mol. The highest BCUT2D eigenvalue weighted by molar-refractivity contribution is 14.1. The van der Waals surface area contributed by atoms with Crippen LogP contribution in [0, 0.1) is 47.0 Å². The number of hydrogen-bond acceptors (Lipinski definition) is 15. The minimum atomic E-state index is -0.607. The third kappa shape index (κ3) is 20.2. The number of fused-ring (bicyclic) bond motifs is 1. The molecule has 0 atom stereocenters. The third-order valence-corrected chi connectivity index (χ3v) is 11.6. The van der Waals surface area contributed by atoms with Crippen molar-refractivity contribution in [2.24, 2.45) is 17.2 Å². The molecule has 0 aliphatic heterocycles. The number of anilines is 3. The van der Waals surface area contributed by atoms with E-state index in [9.17, 15) is 28.4 Å². The molecule has 0 fully saturated rings. The van der Waals surface area contributed by atoms with Crippen LogP contribution in [0.15, 0.2) is 128 Å². The summed E-state index contributed by atoms with van der Waals surface area (Å²) in [5, 5.41) is 12.5. The highest BCUT2D eigenvalue weighted by atomic mass is 127. The fourth-order valence-corrected chi connectivity index (χ4v) is 7.01. The summed E-state index contributed by atoms with van der Waals surface area (Å²) < 4.78 is 42.3. The number of primary amides is 3. The fourth-order valence-electron chi connectivity index (χ4n) is 7.01. The number of rotatable bonds is 15. The Labute approximate surface area is 482 Å². The summed E-state index contributed by atoms with van der Waals surface area (Å²) in [7, 11) is 4.42. The highest BCUT2D eigenvalue weighted by Crippen LogP contribution is 2.43. The van der Waals surface area contributed by atoms with Crippen LogP contribution in [0.25, 0.3) is 21.7 Å². The third-order valence-electron chi connectivity index (χ3n) is 10.9. The average Bonchev–Trinajstić information content (AvgIpc) is 3.86. The lowest BCUT2D eigenvalue weighted by Gasteiger charge is -2.17. The van der Waals surface area contributed by atoms with E-state index in [0.717, 1.165) is 39.2 Å². The number of hydrogen-bond donors (Lipinski definition) is 6. The van der Waals surface area contributed by atoms with Gasteiger partial charge in [0.15, 0.2) is 31.5 Å². The Morgan fingerprint density at radius 3 is 1.62 bits per heavy atom. The second-order valence-electron chi connectivity index (χ2n) is 16.8. The van der Waals surface area contributed by atoms with Gasteiger partial charge in [-0.2, -0.15) is 0 Å². The Kier molecular flexibility index (Phi) is 27.1. The number of carbonyl (C=O) groups is 5. The zero-order chi connectivity index (χ0) is 60.2. The van der Waals surface area contributed by atoms with Gasteiger partial charge in [-0.15, -0.1) is 0 Å². The van der Waals surface area contributed by atoms with Crippen LogP contribution in [0.5, 0.6) is 34.5 Å². The number of halogens is 2. The van der Waals surface area contributed by atoms with Crippen LogP contribution in [-0.2, 0) is 14.4 Å². The van der Waals surface area contributed by atoms with Gasteiger partial charge < -0.3 is 57.0 Å². The second kappa shape index (κ2) is 33.5. The molecule has 22 heteroatoms. The van der Waals surface area contributed by atoms with Crippen molar-refractivity contribution in [1.29, 1.82) is 0 Å². The first kappa shape index (κ1) is 65.5. The summed E-state index contributed by atoms with van der Waals surface area (Å²) in [6.45, 7) is 16.2. The summed E-state index contributed by atoms with van der Waals surface area (Å²) in [6, 6.07) is 33.2. The van der Waals surface area contributed by atoms with E-state index in [4.69, 9.17) is 57.5 Å². The van der Waals surface area contributed by atoms with Gasteiger partial charge in [0.2, 0.25) is 5.91 Å². The van der Waals surface area contributed by atoms with E-state index in [0.29, 0.717) is 68.5 Å². The molecule has 0 saturated carbocycles. The molecule has 0 aliphatic carbocycles. The number of aromatic hydroxyl groups is 1. The molecule has 3 aromatic heterocycles. The molecule has 3 heterocycles. The number of benzene rings is 5. The van der Waals surface area contributed by atoms with Gasteiger partial charge in [-0.3, -0.25) is 28.4 Å². The zero-order valence-corrected chi connectivity index (χ0v) is 47.9. The number of amides is 3. The number of phenolic OH excluding ortho intramolecular Hbond substituents is 1. The first-order valence-corrected chi connectivity index (χ1v) is 25.6. The molecule has 81 heavy (non-hydrogen) atoms. The number of ether oxygens (including phenoxy) is 5. The summed E-state index contributed by atoms with van der Waals surface area (Å²) in [6.07, 6.45) is 4.28. The molecule has 3 amide bonds. The smallest absolute Gasteiger partial charge is 0.255 e. The van der Waals surface area contributed by atoms with Crippen LogP contribution in [-0.4, -0.2) is 88.7 Å². The van der Waals surface area contributed by atoms with Crippen molar-refractivity contribution in [3.63, 3.8) is 0 Å². The topological polar surface area (TPSA) is 302 Å². The molecule has 0 aliphatic rings. The summed E-state index contributed by atoms with van der Waals surface area (Å²) in [4.78, 5) is 64.6. The molecule has 0 bridgehead atoms. The van der Waals surface area contributed by atoms with Crippen LogP contribution in [0.3, 0.4) is 0 Å². The number of phenols is 1. The largest absolute Gasteiger partial charge is 0.507 e. The Bertz CT molecular complexity index is 3400. The molecular formula is C59H63FIN9O11. The van der Waals surface area contributed by atoms with Gasteiger partial charge in [-0.25, -0.2) is 19.2 Å². The van der Waals surface area contributed by atoms with Crippen LogP contribution < -0.4 is 51.9 Å². The number of nitrogens with one attached hydrogen (secondary N) is 1. The van der Waals surface area contributed by atoms with Gasteiger partial charge in [0.25, 0.3) is 11.8 Å².